The first kappa shape index (κ1) is 14.6. The van der Waals surface area contributed by atoms with Gasteiger partial charge in [-0.25, -0.2) is 4.52 Å². The zero-order chi connectivity index (χ0) is 16.1. The van der Waals surface area contributed by atoms with Gasteiger partial charge in [0.05, 0.1) is 27.4 Å². The van der Waals surface area contributed by atoms with Crippen molar-refractivity contribution in [3.63, 3.8) is 0 Å². The Kier molecular flexibility index (Phi) is 3.36. The van der Waals surface area contributed by atoms with Gasteiger partial charge in [0, 0.05) is 0 Å². The maximum Gasteiger partial charge on any atom is 0.261 e. The Morgan fingerprint density at radius 3 is 3.09 bits per heavy atom. The fourth-order valence-electron chi connectivity index (χ4n) is 2.39. The van der Waals surface area contributed by atoms with E-state index in [9.17, 15) is 9.59 Å². The molecule has 23 heavy (non-hydrogen) atoms. The van der Waals surface area contributed by atoms with Crippen molar-refractivity contribution in [3.8, 4) is 0 Å². The molecule has 0 radical (unpaired) electrons. The highest BCUT2D eigenvalue weighted by molar-refractivity contribution is 9.11. The summed E-state index contributed by atoms with van der Waals surface area (Å²) in [6, 6.07) is 1.64. The maximum absolute atomic E-state index is 12.4. The van der Waals surface area contributed by atoms with E-state index >= 15 is 0 Å². The van der Waals surface area contributed by atoms with Crippen molar-refractivity contribution in [3.05, 3.63) is 32.6 Å². The lowest BCUT2D eigenvalue weighted by atomic mass is 10.2. The molecule has 10 heteroatoms. The molecule has 4 rings (SSSR count). The molecule has 0 atom stereocenters. The van der Waals surface area contributed by atoms with Gasteiger partial charge in [0.15, 0.2) is 0 Å². The summed E-state index contributed by atoms with van der Waals surface area (Å²) >= 11 is 10.3. The van der Waals surface area contributed by atoms with Crippen LogP contribution in [-0.4, -0.2) is 31.4 Å². The van der Waals surface area contributed by atoms with Crippen LogP contribution in [0.5, 0.6) is 0 Å². The van der Waals surface area contributed by atoms with E-state index in [0.29, 0.717) is 27.6 Å². The van der Waals surface area contributed by atoms with Gasteiger partial charge in [0.2, 0.25) is 5.91 Å². The summed E-state index contributed by atoms with van der Waals surface area (Å²) in [6.45, 7) is 0. The molecule has 0 bridgehead atoms. The number of carbonyl (C=O) groups excluding carboxylic acids is 1. The predicted molar refractivity (Wildman–Crippen MR) is 93.5 cm³/mol. The first-order chi connectivity index (χ1) is 11.1. The molecule has 0 aliphatic rings. The second-order valence-electron chi connectivity index (χ2n) is 4.76. The number of rotatable bonds is 2. The Labute approximate surface area is 145 Å². The van der Waals surface area contributed by atoms with E-state index in [1.54, 1.807) is 16.8 Å². The third kappa shape index (κ3) is 2.32. The van der Waals surface area contributed by atoms with Gasteiger partial charge in [-0.2, -0.15) is 5.10 Å². The quantitative estimate of drug-likeness (QED) is 0.495. The first-order valence-electron chi connectivity index (χ1n) is 6.42. The summed E-state index contributed by atoms with van der Waals surface area (Å²) in [5.74, 6) is -0.497. The highest BCUT2D eigenvalue weighted by atomic mass is 79.9. The van der Waals surface area contributed by atoms with Crippen molar-refractivity contribution in [1.29, 1.82) is 0 Å². The summed E-state index contributed by atoms with van der Waals surface area (Å²) in [7, 11) is 0. The maximum atomic E-state index is 12.4. The molecule has 2 N–H and O–H groups in total. The molecule has 0 saturated heterocycles. The monoisotopic (exact) mass is 411 g/mol. The molecule has 4 heterocycles. The topological polar surface area (TPSA) is 92.1 Å². The van der Waals surface area contributed by atoms with Crippen molar-refractivity contribution < 1.29 is 4.79 Å². The number of hydrogen-bond donors (Lipinski definition) is 2. The van der Waals surface area contributed by atoms with Crippen LogP contribution in [0, 0.1) is 0 Å². The molecule has 0 saturated carbocycles. The third-order valence-corrected chi connectivity index (χ3v) is 5.09. The van der Waals surface area contributed by atoms with E-state index in [1.807, 2.05) is 0 Å². The van der Waals surface area contributed by atoms with Crippen LogP contribution in [0.3, 0.4) is 0 Å². The molecular formula is C13H7BrClN5O2S. The number of aromatic amines is 1. The fourth-order valence-corrected chi connectivity index (χ4v) is 3.92. The molecule has 0 fully saturated rings. The average molecular weight is 413 g/mol. The number of amides is 1. The molecular weight excluding hydrogens is 406 g/mol. The largest absolute Gasteiger partial charge is 0.324 e. The highest BCUT2D eigenvalue weighted by Crippen LogP contribution is 2.30. The number of nitrogens with one attached hydrogen (secondary N) is 2. The van der Waals surface area contributed by atoms with Gasteiger partial charge in [0.25, 0.3) is 5.56 Å². The predicted octanol–water partition coefficient (Wildman–Crippen LogP) is 2.73. The lowest BCUT2D eigenvalue weighted by molar-refractivity contribution is -0.113. The highest BCUT2D eigenvalue weighted by Gasteiger charge is 2.16. The normalized spacial score (nSPS) is 11.6. The van der Waals surface area contributed by atoms with Gasteiger partial charge in [0.1, 0.15) is 27.1 Å². The Balaban J connectivity index is 2.00. The summed E-state index contributed by atoms with van der Waals surface area (Å²) in [6.07, 6.45) is 3.30. The van der Waals surface area contributed by atoms with Crippen molar-refractivity contribution in [2.75, 3.05) is 11.2 Å². The number of fused-ring (bicyclic) bond motifs is 5. The minimum absolute atomic E-state index is 0.153. The van der Waals surface area contributed by atoms with Gasteiger partial charge in [-0.15, -0.1) is 22.9 Å². The molecule has 4 aromatic rings. The van der Waals surface area contributed by atoms with Crippen LogP contribution in [0.4, 0.5) is 5.69 Å². The number of thiazole rings is 1. The van der Waals surface area contributed by atoms with E-state index in [1.165, 1.54) is 17.5 Å². The Bertz CT molecular complexity index is 1150. The van der Waals surface area contributed by atoms with Crippen molar-refractivity contribution in [2.24, 2.45) is 0 Å². The van der Waals surface area contributed by atoms with Crippen LogP contribution in [0.1, 0.15) is 0 Å². The molecule has 0 aliphatic heterocycles. The molecule has 7 nitrogen and oxygen atoms in total. The van der Waals surface area contributed by atoms with Gasteiger partial charge < -0.3 is 10.3 Å². The van der Waals surface area contributed by atoms with Gasteiger partial charge in [-0.3, -0.25) is 14.6 Å². The van der Waals surface area contributed by atoms with Crippen LogP contribution >= 0.6 is 38.9 Å². The Morgan fingerprint density at radius 1 is 1.48 bits per heavy atom. The van der Waals surface area contributed by atoms with E-state index < -0.39 is 0 Å². The Hall–Kier alpha value is -1.97. The van der Waals surface area contributed by atoms with Gasteiger partial charge >= 0.3 is 0 Å². The summed E-state index contributed by atoms with van der Waals surface area (Å²) in [4.78, 5) is 31.6. The van der Waals surface area contributed by atoms with Crippen molar-refractivity contribution >= 4 is 77.2 Å². The molecule has 0 unspecified atom stereocenters. The van der Waals surface area contributed by atoms with E-state index in [4.69, 9.17) is 11.6 Å². The number of anilines is 1. The van der Waals surface area contributed by atoms with Gasteiger partial charge in [-0.1, -0.05) is 0 Å². The van der Waals surface area contributed by atoms with Crippen LogP contribution in [0.25, 0.3) is 26.8 Å². The zero-order valence-electron chi connectivity index (χ0n) is 11.3. The summed E-state index contributed by atoms with van der Waals surface area (Å²) < 4.78 is 2.53. The number of alkyl halides is 1. The minimum Gasteiger partial charge on any atom is -0.324 e. The van der Waals surface area contributed by atoms with Crippen molar-refractivity contribution in [1.82, 2.24) is 19.6 Å². The zero-order valence-corrected chi connectivity index (χ0v) is 14.4. The number of hydrogen-bond acceptors (Lipinski definition) is 5. The average Bonchev–Trinajstić information content (AvgIpc) is 3.03. The summed E-state index contributed by atoms with van der Waals surface area (Å²) in [5, 5.41) is 7.53. The smallest absolute Gasteiger partial charge is 0.261 e. The molecule has 1 amide bonds. The van der Waals surface area contributed by atoms with Crippen LogP contribution in [0.15, 0.2) is 27.0 Å². The van der Waals surface area contributed by atoms with E-state index in [-0.39, 0.29) is 17.3 Å². The van der Waals surface area contributed by atoms with Crippen molar-refractivity contribution in [2.45, 2.75) is 0 Å². The number of H-pyrrole nitrogens is 1. The number of carbonyl (C=O) groups is 1. The van der Waals surface area contributed by atoms with E-state index in [0.717, 1.165) is 8.62 Å². The fraction of sp³-hybridized carbons (Fsp3) is 0.0769. The number of halogens is 2. The number of aromatic nitrogens is 4. The molecule has 0 aliphatic carbocycles. The minimum atomic E-state index is -0.344. The summed E-state index contributed by atoms with van der Waals surface area (Å²) in [5.41, 5.74) is 1.80. The van der Waals surface area contributed by atoms with Gasteiger partial charge in [-0.05, 0) is 22.0 Å². The van der Waals surface area contributed by atoms with Crippen LogP contribution in [-0.2, 0) is 4.79 Å². The number of nitrogens with zero attached hydrogens (tertiary/aromatic N) is 3. The lowest BCUT2D eigenvalue weighted by Gasteiger charge is -2.04. The standard InChI is InChI=1S/C13H7BrClN5O2S/c14-7-4-20-13(23-7)9-11(19-20)10-6(18-12(9)22)1-5(3-16-10)17-8(21)2-15/h1,3-4H,2H2,(H,17,21)(H,18,22). The SMILES string of the molecule is O=C(CCl)Nc1cnc2c(c1)[nH]c(=O)c1c2nn2cc(Br)sc12. The molecule has 0 spiro atoms. The number of pyridine rings is 2. The molecule has 0 aromatic carbocycles. The van der Waals surface area contributed by atoms with Crippen LogP contribution in [0.2, 0.25) is 0 Å². The van der Waals surface area contributed by atoms with Crippen LogP contribution < -0.4 is 10.9 Å². The van der Waals surface area contributed by atoms with E-state index in [2.05, 4.69) is 36.3 Å². The molecule has 116 valence electrons. The molecule has 4 aromatic heterocycles. The lowest BCUT2D eigenvalue weighted by Crippen LogP contribution is -2.13. The third-order valence-electron chi connectivity index (χ3n) is 3.28. The second kappa shape index (κ2) is 5.29. The Morgan fingerprint density at radius 2 is 2.30 bits per heavy atom. The second-order valence-corrected chi connectivity index (χ2v) is 7.44. The first-order valence-corrected chi connectivity index (χ1v) is 8.56.